The van der Waals surface area contributed by atoms with Gasteiger partial charge in [0.05, 0.1) is 22.0 Å². The van der Waals surface area contributed by atoms with Crippen LogP contribution in [0.5, 0.6) is 5.75 Å². The number of aromatic nitrogens is 2. The van der Waals surface area contributed by atoms with E-state index in [1.54, 1.807) is 30.3 Å². The van der Waals surface area contributed by atoms with Crippen LogP contribution in [0.3, 0.4) is 0 Å². The summed E-state index contributed by atoms with van der Waals surface area (Å²) >= 11 is 13.1. The van der Waals surface area contributed by atoms with Crippen LogP contribution in [-0.2, 0) is 6.61 Å². The smallest absolute Gasteiger partial charge is 0.312 e. The monoisotopic (exact) mass is 672 g/mol. The first kappa shape index (κ1) is 27.5. The molecule has 1 heterocycles. The molecule has 0 saturated heterocycles. The molecule has 1 aliphatic carbocycles. The second kappa shape index (κ2) is 12.0. The molecule has 1 fully saturated rings. The van der Waals surface area contributed by atoms with Gasteiger partial charge in [0, 0.05) is 37.1 Å². The van der Waals surface area contributed by atoms with Gasteiger partial charge in [-0.25, -0.2) is 4.98 Å². The minimum Gasteiger partial charge on any atom is -0.481 e. The van der Waals surface area contributed by atoms with Gasteiger partial charge in [-0.05, 0) is 43.2 Å². The molecular formula is C28H23Br2ClN4O4. The molecule has 0 N–H and O–H groups in total. The summed E-state index contributed by atoms with van der Waals surface area (Å²) in [7, 11) is 0. The Hall–Kier alpha value is -3.08. The molecule has 0 unspecified atom stereocenters. The second-order valence-electron chi connectivity index (χ2n) is 9.31. The Balaban J connectivity index is 1.62. The van der Waals surface area contributed by atoms with Crippen LogP contribution in [0, 0.1) is 10.1 Å². The first-order chi connectivity index (χ1) is 18.8. The molecule has 39 heavy (non-hydrogen) atoms. The van der Waals surface area contributed by atoms with Crippen LogP contribution in [0.4, 0.5) is 5.69 Å². The molecule has 4 aromatic rings. The standard InChI is InChI=1S/C28H23Br2ClN4O4/c29-20-10-11-24-22(13-20)28(36)34(27(33-24)17-6-2-1-3-7-17)32-15-19-12-21(30)14-25(35(37)38)26(19)39-16-18-8-4-5-9-23(18)31/h4-5,8-15,17H,1-3,6-7,16H2. The van der Waals surface area contributed by atoms with Gasteiger partial charge in [0.1, 0.15) is 12.4 Å². The van der Waals surface area contributed by atoms with Crippen LogP contribution >= 0.6 is 43.5 Å². The lowest BCUT2D eigenvalue weighted by Gasteiger charge is -2.22. The van der Waals surface area contributed by atoms with Crippen molar-refractivity contribution < 1.29 is 9.66 Å². The molecule has 1 aliphatic rings. The van der Waals surface area contributed by atoms with Gasteiger partial charge in [0.2, 0.25) is 5.75 Å². The number of hydrogen-bond acceptors (Lipinski definition) is 6. The Labute approximate surface area is 246 Å². The zero-order valence-corrected chi connectivity index (χ0v) is 24.6. The molecule has 0 aliphatic heterocycles. The van der Waals surface area contributed by atoms with Crippen LogP contribution in [0.25, 0.3) is 10.9 Å². The van der Waals surface area contributed by atoms with E-state index in [9.17, 15) is 14.9 Å². The normalized spacial score (nSPS) is 14.2. The molecular weight excluding hydrogens is 652 g/mol. The Morgan fingerprint density at radius 2 is 1.87 bits per heavy atom. The van der Waals surface area contributed by atoms with E-state index in [0.29, 0.717) is 37.3 Å². The Kier molecular flexibility index (Phi) is 8.44. The summed E-state index contributed by atoms with van der Waals surface area (Å²) in [6, 6.07) is 15.6. The van der Waals surface area contributed by atoms with Crippen molar-refractivity contribution in [2.45, 2.75) is 44.6 Å². The minimum absolute atomic E-state index is 0.0157. The molecule has 0 amide bonds. The van der Waals surface area contributed by atoms with Gasteiger partial charge in [-0.2, -0.15) is 9.78 Å². The summed E-state index contributed by atoms with van der Waals surface area (Å²) in [4.78, 5) is 29.9. The zero-order valence-electron chi connectivity index (χ0n) is 20.6. The molecule has 5 rings (SSSR count). The summed E-state index contributed by atoms with van der Waals surface area (Å²) in [5.41, 5.74) is 1.08. The number of nitro groups is 1. The maximum absolute atomic E-state index is 13.7. The number of hydrogen-bond donors (Lipinski definition) is 0. The predicted molar refractivity (Wildman–Crippen MR) is 159 cm³/mol. The maximum Gasteiger partial charge on any atom is 0.312 e. The molecule has 0 atom stereocenters. The van der Waals surface area contributed by atoms with Crippen molar-refractivity contribution >= 4 is 66.3 Å². The summed E-state index contributed by atoms with van der Waals surface area (Å²) in [6.45, 7) is 0.0157. The number of benzene rings is 3. The molecule has 11 heteroatoms. The predicted octanol–water partition coefficient (Wildman–Crippen LogP) is 7.99. The topological polar surface area (TPSA) is 99.6 Å². The molecule has 0 radical (unpaired) electrons. The Morgan fingerprint density at radius 3 is 2.62 bits per heavy atom. The fraction of sp³-hybridized carbons (Fsp3) is 0.250. The third-order valence-electron chi connectivity index (χ3n) is 6.71. The maximum atomic E-state index is 13.7. The van der Waals surface area contributed by atoms with Crippen LogP contribution in [0.1, 0.15) is 55.0 Å². The van der Waals surface area contributed by atoms with Gasteiger partial charge in [0.15, 0.2) is 0 Å². The fourth-order valence-corrected chi connectivity index (χ4v) is 5.79. The van der Waals surface area contributed by atoms with Gasteiger partial charge >= 0.3 is 5.69 Å². The molecule has 1 aromatic heterocycles. The third-order valence-corrected chi connectivity index (χ3v) is 8.03. The highest BCUT2D eigenvalue weighted by atomic mass is 79.9. The summed E-state index contributed by atoms with van der Waals surface area (Å²) in [5.74, 6) is 0.703. The van der Waals surface area contributed by atoms with Crippen molar-refractivity contribution in [3.63, 3.8) is 0 Å². The summed E-state index contributed by atoms with van der Waals surface area (Å²) in [5, 5.41) is 17.4. The SMILES string of the molecule is O=c1c2cc(Br)ccc2nc(C2CCCCC2)n1N=Cc1cc(Br)cc([N+](=O)[O-])c1OCc1ccccc1Cl. The lowest BCUT2D eigenvalue weighted by atomic mass is 9.88. The third kappa shape index (κ3) is 6.08. The lowest BCUT2D eigenvalue weighted by Crippen LogP contribution is -2.25. The first-order valence-corrected chi connectivity index (χ1v) is 14.4. The quantitative estimate of drug-likeness (QED) is 0.112. The summed E-state index contributed by atoms with van der Waals surface area (Å²) in [6.07, 6.45) is 6.51. The molecule has 0 bridgehead atoms. The highest BCUT2D eigenvalue weighted by molar-refractivity contribution is 9.10. The van der Waals surface area contributed by atoms with Crippen molar-refractivity contribution in [2.75, 3.05) is 0 Å². The van der Waals surface area contributed by atoms with E-state index in [0.717, 1.165) is 36.6 Å². The average Bonchev–Trinajstić information content (AvgIpc) is 2.93. The van der Waals surface area contributed by atoms with Gasteiger partial charge in [-0.1, -0.05) is 80.9 Å². The van der Waals surface area contributed by atoms with E-state index in [4.69, 9.17) is 21.3 Å². The van der Waals surface area contributed by atoms with Gasteiger partial charge in [-0.15, -0.1) is 0 Å². The van der Waals surface area contributed by atoms with E-state index in [-0.39, 0.29) is 29.5 Å². The van der Waals surface area contributed by atoms with E-state index in [2.05, 4.69) is 37.0 Å². The van der Waals surface area contributed by atoms with Crippen LogP contribution in [0.15, 0.2) is 73.4 Å². The van der Waals surface area contributed by atoms with Crippen molar-refractivity contribution in [1.29, 1.82) is 0 Å². The van der Waals surface area contributed by atoms with Crippen molar-refractivity contribution in [2.24, 2.45) is 5.10 Å². The van der Waals surface area contributed by atoms with Crippen LogP contribution in [-0.4, -0.2) is 20.8 Å². The largest absolute Gasteiger partial charge is 0.481 e. The molecule has 8 nitrogen and oxygen atoms in total. The fourth-order valence-electron chi connectivity index (χ4n) is 4.78. The Bertz CT molecular complexity index is 1650. The van der Waals surface area contributed by atoms with Crippen LogP contribution in [0.2, 0.25) is 5.02 Å². The molecule has 200 valence electrons. The van der Waals surface area contributed by atoms with E-state index in [1.165, 1.54) is 17.0 Å². The number of rotatable bonds is 7. The average molecular weight is 675 g/mol. The highest BCUT2D eigenvalue weighted by Gasteiger charge is 2.24. The first-order valence-electron chi connectivity index (χ1n) is 12.4. The number of fused-ring (bicyclic) bond motifs is 1. The number of ether oxygens (including phenoxy) is 1. The van der Waals surface area contributed by atoms with E-state index in [1.807, 2.05) is 18.2 Å². The minimum atomic E-state index is -0.515. The zero-order chi connectivity index (χ0) is 27.5. The van der Waals surface area contributed by atoms with Gasteiger partial charge in [0.25, 0.3) is 5.56 Å². The Morgan fingerprint density at radius 1 is 1.10 bits per heavy atom. The molecule has 0 spiro atoms. The van der Waals surface area contributed by atoms with E-state index >= 15 is 0 Å². The van der Waals surface area contributed by atoms with Crippen LogP contribution < -0.4 is 10.3 Å². The molecule has 1 saturated carbocycles. The van der Waals surface area contributed by atoms with E-state index < -0.39 is 4.92 Å². The van der Waals surface area contributed by atoms with Gasteiger partial charge in [-0.3, -0.25) is 14.9 Å². The number of nitro benzene ring substituents is 1. The number of halogens is 3. The lowest BCUT2D eigenvalue weighted by molar-refractivity contribution is -0.386. The summed E-state index contributed by atoms with van der Waals surface area (Å²) < 4.78 is 8.51. The van der Waals surface area contributed by atoms with Crippen molar-refractivity contribution in [3.05, 3.63) is 106 Å². The highest BCUT2D eigenvalue weighted by Crippen LogP contribution is 2.36. The second-order valence-corrected chi connectivity index (χ2v) is 11.5. The number of nitrogens with zero attached hydrogens (tertiary/aromatic N) is 4. The molecule has 3 aromatic carbocycles. The van der Waals surface area contributed by atoms with Crippen molar-refractivity contribution in [1.82, 2.24) is 9.66 Å². The van der Waals surface area contributed by atoms with Crippen molar-refractivity contribution in [3.8, 4) is 5.75 Å². The van der Waals surface area contributed by atoms with Gasteiger partial charge < -0.3 is 4.74 Å².